The Kier molecular flexibility index (Phi) is 17.3. The van der Waals surface area contributed by atoms with Gasteiger partial charge in [-0.05, 0) is 37.7 Å². The number of carbonyl (C=O) groups excluding carboxylic acids is 5. The van der Waals surface area contributed by atoms with Crippen molar-refractivity contribution in [3.63, 3.8) is 0 Å². The molecule has 77 heavy (non-hydrogen) atoms. The number of nitrogens with one attached hydrogen (secondary N) is 1. The number of rotatable bonds is 9. The van der Waals surface area contributed by atoms with Crippen LogP contribution in [-0.4, -0.2) is 127 Å². The number of benzene rings is 3. The second kappa shape index (κ2) is 22.8. The van der Waals surface area contributed by atoms with Crippen LogP contribution in [-0.2, 0) is 33.2 Å². The molecular weight excluding hydrogens is 1020 g/mol. The topological polar surface area (TPSA) is 302 Å². The predicted molar refractivity (Wildman–Crippen MR) is 285 cm³/mol. The van der Waals surface area contributed by atoms with Crippen LogP contribution in [0, 0.1) is 42.4 Å². The molecule has 21 nitrogen and oxygen atoms in total. The number of hydrogen-bond donors (Lipinski definition) is 6. The summed E-state index contributed by atoms with van der Waals surface area (Å²) in [5, 5.41) is 37.0. The molecule has 6 N–H and O–H groups in total. The highest BCUT2D eigenvalue weighted by atomic mass is 31.2. The van der Waals surface area contributed by atoms with Crippen LogP contribution in [0.1, 0.15) is 91.6 Å². The lowest BCUT2D eigenvalue weighted by atomic mass is 9.77. The van der Waals surface area contributed by atoms with Gasteiger partial charge < -0.3 is 63.5 Å². The number of ether oxygens (including phenoxy) is 4. The normalized spacial score (nSPS) is 27.9. The van der Waals surface area contributed by atoms with Gasteiger partial charge in [-0.25, -0.2) is 4.98 Å². The molecule has 1 aliphatic carbocycles. The quantitative estimate of drug-likeness (QED) is 0.0264. The molecule has 5 heterocycles. The van der Waals surface area contributed by atoms with E-state index in [1.165, 1.54) is 52.2 Å². The summed E-state index contributed by atoms with van der Waals surface area (Å²) in [5.41, 5.74) is -3.96. The number of anilines is 2. The average molecular weight is 1090 g/mol. The number of esters is 2. The number of fused-ring (bicyclic) bond motifs is 14. The summed E-state index contributed by atoms with van der Waals surface area (Å²) in [5.74, 6) is -9.62. The molecule has 2 aromatic carbocycles. The molecule has 5 bridgehead atoms. The lowest BCUT2D eigenvalue weighted by Crippen LogP contribution is -2.47. The third-order valence-corrected chi connectivity index (χ3v) is 16.3. The van der Waals surface area contributed by atoms with Crippen molar-refractivity contribution in [1.29, 1.82) is 0 Å². The van der Waals surface area contributed by atoms with E-state index in [2.05, 4.69) is 24.1 Å². The van der Waals surface area contributed by atoms with Gasteiger partial charge in [0.2, 0.25) is 5.43 Å². The summed E-state index contributed by atoms with van der Waals surface area (Å²) in [7, 11) is -5.10. The Bertz CT molecular complexity index is 3150. The van der Waals surface area contributed by atoms with Crippen LogP contribution in [0.3, 0.4) is 0 Å². The number of carbonyl (C=O) groups is 5. The van der Waals surface area contributed by atoms with E-state index in [0.717, 1.165) is 6.54 Å². The van der Waals surface area contributed by atoms with Crippen molar-refractivity contribution in [1.82, 2.24) is 9.88 Å². The second-order valence-electron chi connectivity index (χ2n) is 21.3. The highest BCUT2D eigenvalue weighted by molar-refractivity contribution is 7.53. The number of aldehydes is 1. The average Bonchev–Trinajstić information content (AvgIpc) is 3.82. The van der Waals surface area contributed by atoms with E-state index in [1.807, 2.05) is 18.7 Å². The first-order valence-electron chi connectivity index (χ1n) is 25.7. The molecule has 1 unspecified atom stereocenters. The van der Waals surface area contributed by atoms with E-state index < -0.39 is 119 Å². The van der Waals surface area contributed by atoms with E-state index >= 15 is 9.59 Å². The van der Waals surface area contributed by atoms with Gasteiger partial charge in [0.15, 0.2) is 17.1 Å². The van der Waals surface area contributed by atoms with Gasteiger partial charge in [0.05, 0.1) is 35.8 Å². The molecule has 1 saturated heterocycles. The van der Waals surface area contributed by atoms with Crippen molar-refractivity contribution in [2.24, 2.45) is 35.5 Å². The van der Waals surface area contributed by atoms with Crippen LogP contribution >= 0.6 is 7.60 Å². The van der Waals surface area contributed by atoms with Crippen molar-refractivity contribution in [2.75, 3.05) is 42.9 Å². The van der Waals surface area contributed by atoms with Gasteiger partial charge in [0.1, 0.15) is 46.4 Å². The number of phenolic OH excluding ortho intramolecular Hbond substituents is 1. The number of allylic oxidation sites excluding steroid dienone is 3. The Morgan fingerprint density at radius 3 is 2.26 bits per heavy atom. The van der Waals surface area contributed by atoms with Crippen LogP contribution in [0.2, 0.25) is 0 Å². The molecule has 416 valence electrons. The van der Waals surface area contributed by atoms with Gasteiger partial charge in [0.25, 0.3) is 11.7 Å². The smallest absolute Gasteiger partial charge is 0.336 e. The van der Waals surface area contributed by atoms with Gasteiger partial charge in [0, 0.05) is 98.7 Å². The molecule has 0 spiro atoms. The number of aromatic hydroxyl groups is 1. The van der Waals surface area contributed by atoms with Crippen molar-refractivity contribution >= 4 is 70.8 Å². The molecule has 10 atom stereocenters. The standard InChI is InChI=1S/C55H69N4O17P/c1-26(2)24-58-16-18-59(19-17-58)35-21-37(74-39(62)23-36(25-60)77(69,70)71)43-38(22-35)75-52-44(56-43)40-41-48(65)33(9)51-42(40)53(67)55(11,76-51)72-20-15-27(3)30(6)50(73-34(10)61)32(8)47(64)31(7)46(63)28(4)13-12-14-29(5)54(68)57-45(52)49(41)66/h12-15,20-22,25-28,30-32,36,46-47,50,63-65H,16-19,23-24H2,1-11H3,(H,57,68)(H2,69,70,71)/b13-12+,20-15+,29-14-/t27-,28-,30+,31+,32+,36?,46-,47+,50+,55-/m0/s1. The second-order valence-corrected chi connectivity index (χ2v) is 23.2. The molecule has 1 amide bonds. The number of nitrogens with zero attached hydrogens (tertiary/aromatic N) is 3. The maximum Gasteiger partial charge on any atom is 0.336 e. The zero-order valence-corrected chi connectivity index (χ0v) is 46.0. The summed E-state index contributed by atoms with van der Waals surface area (Å²) in [6.45, 7) is 21.6. The number of aromatic nitrogens is 1. The maximum absolute atomic E-state index is 15.1. The number of phenols is 1. The first kappa shape index (κ1) is 58.2. The number of aliphatic hydroxyl groups is 2. The Hall–Kier alpha value is -6.48. The monoisotopic (exact) mass is 1090 g/mol. The van der Waals surface area contributed by atoms with E-state index in [9.17, 15) is 48.8 Å². The highest BCUT2D eigenvalue weighted by Crippen LogP contribution is 2.51. The van der Waals surface area contributed by atoms with Gasteiger partial charge >= 0.3 is 25.3 Å². The summed E-state index contributed by atoms with van der Waals surface area (Å²) < 4.78 is 42.8. The van der Waals surface area contributed by atoms with Crippen LogP contribution < -0.4 is 25.1 Å². The zero-order valence-electron chi connectivity index (χ0n) is 45.1. The van der Waals surface area contributed by atoms with Gasteiger partial charge in [-0.15, -0.1) is 0 Å². The number of piperazine rings is 1. The molecule has 8 rings (SSSR count). The maximum atomic E-state index is 15.1. The van der Waals surface area contributed by atoms with Crippen molar-refractivity contribution in [3.05, 3.63) is 69.6 Å². The molecule has 0 radical (unpaired) electrons. The summed E-state index contributed by atoms with van der Waals surface area (Å²) >= 11 is 0. The molecule has 1 fully saturated rings. The van der Waals surface area contributed by atoms with Crippen molar-refractivity contribution in [3.8, 4) is 28.7 Å². The Morgan fingerprint density at radius 2 is 1.64 bits per heavy atom. The molecule has 22 heteroatoms. The predicted octanol–water partition coefficient (Wildman–Crippen LogP) is 6.39. The Balaban J connectivity index is 1.48. The number of aliphatic hydroxyl groups excluding tert-OH is 2. The summed E-state index contributed by atoms with van der Waals surface area (Å²) in [6, 6.07) is 3.04. The molecule has 0 aromatic heterocycles. The summed E-state index contributed by atoms with van der Waals surface area (Å²) in [6.07, 6.45) is 3.27. The molecule has 5 aliphatic heterocycles. The van der Waals surface area contributed by atoms with Crippen LogP contribution in [0.15, 0.2) is 57.5 Å². The molecule has 2 aromatic rings. The molecular formula is C55H69N4O17P. The SMILES string of the molecule is CC(=O)O[C@H]1[C@H](C)[C@H](O)[C@H](C)[C@@H](O)[C@@H](C)/C=C/C=C(/C)C(=O)Nc2c3oc4cc(N5CCN(CC(C)C)CC5)cc(OC(=O)CC(C=O)P(=O)(O)O)c4nc-3c3c4c(c(C)c(O)c3c2=O)O[C@](C)(O/C=C/[C@H](C)[C@H]1C)C4=O. The van der Waals surface area contributed by atoms with E-state index in [0.29, 0.717) is 37.8 Å². The lowest BCUT2D eigenvalue weighted by molar-refractivity contribution is -0.158. The zero-order chi connectivity index (χ0) is 56.7. The Morgan fingerprint density at radius 1 is 0.961 bits per heavy atom. The Labute approximate surface area is 445 Å². The molecule has 0 saturated carbocycles. The minimum atomic E-state index is -5.10. The van der Waals surface area contributed by atoms with Gasteiger partial charge in [-0.2, -0.15) is 0 Å². The minimum absolute atomic E-state index is 0.0364. The third-order valence-electron chi connectivity index (χ3n) is 15.1. The lowest BCUT2D eigenvalue weighted by Gasteiger charge is -2.37. The third kappa shape index (κ3) is 11.9. The van der Waals surface area contributed by atoms with E-state index in [-0.39, 0.29) is 62.4 Å². The number of Topliss-reactive ketones (excluding diaryl/α,β-unsaturated/α-hetero) is 1. The fraction of sp³-hybridized carbons (Fsp3) is 0.509. The first-order chi connectivity index (χ1) is 36.1. The number of amides is 1. The van der Waals surface area contributed by atoms with Gasteiger partial charge in [-0.3, -0.25) is 33.4 Å². The number of hydrogen-bond acceptors (Lipinski definition) is 18. The van der Waals surface area contributed by atoms with Crippen molar-refractivity contribution in [2.45, 2.75) is 112 Å². The highest BCUT2D eigenvalue weighted by Gasteiger charge is 2.50. The largest absolute Gasteiger partial charge is 0.507 e. The fourth-order valence-electron chi connectivity index (χ4n) is 10.3. The minimum Gasteiger partial charge on any atom is -0.507 e. The fourth-order valence-corrected chi connectivity index (χ4v) is 10.8. The van der Waals surface area contributed by atoms with Crippen LogP contribution in [0.4, 0.5) is 11.4 Å². The summed E-state index contributed by atoms with van der Waals surface area (Å²) in [4.78, 5) is 111. The molecule has 6 aliphatic rings. The van der Waals surface area contributed by atoms with E-state index in [1.54, 1.807) is 39.0 Å². The number of ketones is 1. The van der Waals surface area contributed by atoms with E-state index in [4.69, 9.17) is 28.3 Å². The van der Waals surface area contributed by atoms with Crippen molar-refractivity contribution < 1.29 is 77.0 Å². The van der Waals surface area contributed by atoms with Gasteiger partial charge in [-0.1, -0.05) is 66.7 Å². The van der Waals surface area contributed by atoms with Crippen LogP contribution in [0.5, 0.6) is 17.2 Å². The van der Waals surface area contributed by atoms with Crippen LogP contribution in [0.25, 0.3) is 33.3 Å². The first-order valence-corrected chi connectivity index (χ1v) is 27.4.